The molecule has 1 amide bonds. The second kappa shape index (κ2) is 6.68. The third kappa shape index (κ3) is 3.90. The van der Waals surface area contributed by atoms with Gasteiger partial charge in [-0.2, -0.15) is 0 Å². The Morgan fingerprint density at radius 2 is 1.88 bits per heavy atom. The lowest BCUT2D eigenvalue weighted by Crippen LogP contribution is -2.41. The van der Waals surface area contributed by atoms with Crippen molar-refractivity contribution in [1.29, 1.82) is 0 Å². The van der Waals surface area contributed by atoms with E-state index in [4.69, 9.17) is 4.74 Å². The van der Waals surface area contributed by atoms with E-state index >= 15 is 0 Å². The fourth-order valence-electron chi connectivity index (χ4n) is 1.40. The molecule has 0 aliphatic carbocycles. The molecule has 0 saturated carbocycles. The van der Waals surface area contributed by atoms with Crippen LogP contribution < -0.4 is 5.32 Å². The molecule has 17 heavy (non-hydrogen) atoms. The van der Waals surface area contributed by atoms with Gasteiger partial charge in [0.05, 0.1) is 6.61 Å². The largest absolute Gasteiger partial charge is 0.464 e. The van der Waals surface area contributed by atoms with Crippen molar-refractivity contribution in [2.75, 3.05) is 6.61 Å². The van der Waals surface area contributed by atoms with Gasteiger partial charge in [0, 0.05) is 5.56 Å². The molecule has 0 aromatic heterocycles. The molecule has 92 valence electrons. The molecule has 4 heteroatoms. The SMILES string of the molecule is CCOC(=O)[C@H](CC)NC(=O)c1ccccc1. The molecule has 0 fully saturated rings. The summed E-state index contributed by atoms with van der Waals surface area (Å²) in [5, 5.41) is 2.65. The van der Waals surface area contributed by atoms with Crippen LogP contribution in [0.5, 0.6) is 0 Å². The van der Waals surface area contributed by atoms with Crippen LogP contribution in [0.25, 0.3) is 0 Å². The first kappa shape index (κ1) is 13.2. The van der Waals surface area contributed by atoms with E-state index in [0.717, 1.165) is 0 Å². The second-order valence-electron chi connectivity index (χ2n) is 3.55. The summed E-state index contributed by atoms with van der Waals surface area (Å²) in [6, 6.07) is 8.21. The van der Waals surface area contributed by atoms with Gasteiger partial charge in [0.15, 0.2) is 0 Å². The van der Waals surface area contributed by atoms with Crippen LogP contribution >= 0.6 is 0 Å². The highest BCUT2D eigenvalue weighted by atomic mass is 16.5. The van der Waals surface area contributed by atoms with Gasteiger partial charge >= 0.3 is 5.97 Å². The van der Waals surface area contributed by atoms with E-state index in [9.17, 15) is 9.59 Å². The molecule has 1 rings (SSSR count). The maximum absolute atomic E-state index is 11.8. The molecule has 0 heterocycles. The molecule has 0 saturated heterocycles. The molecular weight excluding hydrogens is 218 g/mol. The Bertz CT molecular complexity index is 376. The minimum Gasteiger partial charge on any atom is -0.464 e. The van der Waals surface area contributed by atoms with Gasteiger partial charge in [-0.3, -0.25) is 4.79 Å². The molecule has 0 aliphatic rings. The van der Waals surface area contributed by atoms with Crippen LogP contribution in [0, 0.1) is 0 Å². The van der Waals surface area contributed by atoms with E-state index in [1.807, 2.05) is 13.0 Å². The summed E-state index contributed by atoms with van der Waals surface area (Å²) < 4.78 is 4.88. The summed E-state index contributed by atoms with van der Waals surface area (Å²) in [4.78, 5) is 23.3. The minimum absolute atomic E-state index is 0.259. The van der Waals surface area contributed by atoms with Crippen molar-refractivity contribution >= 4 is 11.9 Å². The molecule has 0 aliphatic heterocycles. The monoisotopic (exact) mass is 235 g/mol. The van der Waals surface area contributed by atoms with Gasteiger partial charge in [-0.1, -0.05) is 25.1 Å². The summed E-state index contributed by atoms with van der Waals surface area (Å²) in [7, 11) is 0. The molecule has 1 atom stereocenters. The standard InChI is InChI=1S/C13H17NO3/c1-3-11(13(16)17-4-2)14-12(15)10-8-6-5-7-9-10/h5-9,11H,3-4H2,1-2H3,(H,14,15)/t11-/m0/s1. The van der Waals surface area contributed by atoms with Crippen molar-refractivity contribution in [2.24, 2.45) is 0 Å². The molecule has 0 radical (unpaired) electrons. The average Bonchev–Trinajstić information content (AvgIpc) is 2.37. The summed E-state index contributed by atoms with van der Waals surface area (Å²) in [6.45, 7) is 3.88. The number of carbonyl (C=O) groups excluding carboxylic acids is 2. The second-order valence-corrected chi connectivity index (χ2v) is 3.55. The van der Waals surface area contributed by atoms with E-state index < -0.39 is 6.04 Å². The lowest BCUT2D eigenvalue weighted by Gasteiger charge is -2.15. The Labute approximate surface area is 101 Å². The fourth-order valence-corrected chi connectivity index (χ4v) is 1.40. The molecule has 0 spiro atoms. The fraction of sp³-hybridized carbons (Fsp3) is 0.385. The van der Waals surface area contributed by atoms with Crippen molar-refractivity contribution in [3.05, 3.63) is 35.9 Å². The number of esters is 1. The van der Waals surface area contributed by atoms with E-state index in [-0.39, 0.29) is 11.9 Å². The first-order chi connectivity index (χ1) is 8.19. The van der Waals surface area contributed by atoms with Crippen LogP contribution in [0.4, 0.5) is 0 Å². The molecule has 4 nitrogen and oxygen atoms in total. The lowest BCUT2D eigenvalue weighted by atomic mass is 10.1. The number of amides is 1. The van der Waals surface area contributed by atoms with Crippen molar-refractivity contribution in [3.8, 4) is 0 Å². The normalized spacial score (nSPS) is 11.6. The summed E-state index contributed by atoms with van der Waals surface area (Å²) in [6.07, 6.45) is 0.511. The first-order valence-corrected chi connectivity index (χ1v) is 5.71. The third-order valence-corrected chi connectivity index (χ3v) is 2.32. The van der Waals surface area contributed by atoms with E-state index in [1.165, 1.54) is 0 Å². The highest BCUT2D eigenvalue weighted by Crippen LogP contribution is 2.01. The number of ether oxygens (including phenoxy) is 1. The zero-order chi connectivity index (χ0) is 12.7. The predicted octanol–water partition coefficient (Wildman–Crippen LogP) is 1.76. The molecule has 0 bridgehead atoms. The van der Waals surface area contributed by atoms with Crippen LogP contribution in [-0.4, -0.2) is 24.5 Å². The maximum Gasteiger partial charge on any atom is 0.328 e. The average molecular weight is 235 g/mol. The van der Waals surface area contributed by atoms with Crippen LogP contribution in [0.2, 0.25) is 0 Å². The third-order valence-electron chi connectivity index (χ3n) is 2.32. The Morgan fingerprint density at radius 1 is 1.24 bits per heavy atom. The zero-order valence-electron chi connectivity index (χ0n) is 10.1. The van der Waals surface area contributed by atoms with E-state index in [2.05, 4.69) is 5.32 Å². The Kier molecular flexibility index (Phi) is 5.20. The Balaban J connectivity index is 2.63. The van der Waals surface area contributed by atoms with Gasteiger partial charge in [-0.05, 0) is 25.5 Å². The maximum atomic E-state index is 11.8. The van der Waals surface area contributed by atoms with E-state index in [0.29, 0.717) is 18.6 Å². The first-order valence-electron chi connectivity index (χ1n) is 5.71. The molecule has 1 aromatic carbocycles. The zero-order valence-corrected chi connectivity index (χ0v) is 10.1. The minimum atomic E-state index is -0.581. The van der Waals surface area contributed by atoms with Gasteiger partial charge in [-0.25, -0.2) is 4.79 Å². The van der Waals surface area contributed by atoms with Gasteiger partial charge in [-0.15, -0.1) is 0 Å². The Hall–Kier alpha value is -1.84. The number of hydrogen-bond donors (Lipinski definition) is 1. The molecular formula is C13H17NO3. The van der Waals surface area contributed by atoms with Crippen molar-refractivity contribution in [2.45, 2.75) is 26.3 Å². The number of carbonyl (C=O) groups is 2. The number of rotatable bonds is 5. The number of nitrogens with one attached hydrogen (secondary N) is 1. The number of hydrogen-bond acceptors (Lipinski definition) is 3. The van der Waals surface area contributed by atoms with Gasteiger partial charge < -0.3 is 10.1 Å². The van der Waals surface area contributed by atoms with E-state index in [1.54, 1.807) is 31.2 Å². The van der Waals surface area contributed by atoms with Crippen molar-refractivity contribution in [1.82, 2.24) is 5.32 Å². The van der Waals surface area contributed by atoms with Gasteiger partial charge in [0.1, 0.15) is 6.04 Å². The molecule has 1 N–H and O–H groups in total. The smallest absolute Gasteiger partial charge is 0.328 e. The van der Waals surface area contributed by atoms with Crippen molar-refractivity contribution < 1.29 is 14.3 Å². The Morgan fingerprint density at radius 3 is 2.41 bits per heavy atom. The van der Waals surface area contributed by atoms with Crippen LogP contribution in [-0.2, 0) is 9.53 Å². The summed E-state index contributed by atoms with van der Waals surface area (Å²) >= 11 is 0. The van der Waals surface area contributed by atoms with Crippen LogP contribution in [0.15, 0.2) is 30.3 Å². The van der Waals surface area contributed by atoms with Gasteiger partial charge in [0.25, 0.3) is 5.91 Å². The summed E-state index contributed by atoms with van der Waals surface area (Å²) in [5.74, 6) is -0.648. The van der Waals surface area contributed by atoms with Gasteiger partial charge in [0.2, 0.25) is 0 Å². The topological polar surface area (TPSA) is 55.4 Å². The predicted molar refractivity (Wildman–Crippen MR) is 64.6 cm³/mol. The molecule has 1 aromatic rings. The summed E-state index contributed by atoms with van der Waals surface area (Å²) in [5.41, 5.74) is 0.537. The highest BCUT2D eigenvalue weighted by Gasteiger charge is 2.20. The quantitative estimate of drug-likeness (QED) is 0.791. The van der Waals surface area contributed by atoms with Crippen molar-refractivity contribution in [3.63, 3.8) is 0 Å². The number of benzene rings is 1. The molecule has 0 unspecified atom stereocenters. The lowest BCUT2D eigenvalue weighted by molar-refractivity contribution is -0.145. The van der Waals surface area contributed by atoms with Crippen LogP contribution in [0.3, 0.4) is 0 Å². The highest BCUT2D eigenvalue weighted by molar-refractivity contribution is 5.96. The van der Waals surface area contributed by atoms with Crippen LogP contribution in [0.1, 0.15) is 30.6 Å².